The first-order valence-electron chi connectivity index (χ1n) is 8.58. The summed E-state index contributed by atoms with van der Waals surface area (Å²) in [6, 6.07) is 4.70. The molecule has 0 saturated heterocycles. The molecule has 0 unspecified atom stereocenters. The van der Waals surface area contributed by atoms with Gasteiger partial charge < -0.3 is 14.2 Å². The molecule has 13 heteroatoms. The van der Waals surface area contributed by atoms with Crippen LogP contribution in [-0.4, -0.2) is 49.8 Å². The molecule has 5 nitrogen and oxygen atoms in total. The largest absolute Gasteiger partial charge is 0.493 e. The van der Waals surface area contributed by atoms with Crippen LogP contribution in [0.15, 0.2) is 18.2 Å². The number of alkyl halides is 8. The van der Waals surface area contributed by atoms with Crippen LogP contribution in [0.2, 0.25) is 0 Å². The molecular formula is C18H18F8O5. The second kappa shape index (κ2) is 10.1. The number of aryl methyl sites for hydroxylation is 1. The lowest BCUT2D eigenvalue weighted by molar-refractivity contribution is -0.344. The topological polar surface area (TPSA) is 61.8 Å². The van der Waals surface area contributed by atoms with Gasteiger partial charge in [0, 0.05) is 12.8 Å². The minimum absolute atomic E-state index is 0.0805. The fraction of sp³-hybridized carbons (Fsp3) is 0.556. The van der Waals surface area contributed by atoms with Crippen molar-refractivity contribution in [2.75, 3.05) is 13.7 Å². The van der Waals surface area contributed by atoms with Gasteiger partial charge in [-0.2, -0.15) is 26.3 Å². The molecule has 0 aromatic heterocycles. The molecule has 0 spiro atoms. The lowest BCUT2D eigenvalue weighted by Gasteiger charge is -2.31. The Labute approximate surface area is 171 Å². The van der Waals surface area contributed by atoms with Crippen molar-refractivity contribution in [2.45, 2.75) is 50.4 Å². The molecule has 0 bridgehead atoms. The van der Waals surface area contributed by atoms with Crippen LogP contribution in [0, 0.1) is 6.92 Å². The third-order valence-corrected chi connectivity index (χ3v) is 3.87. The summed E-state index contributed by atoms with van der Waals surface area (Å²) in [5.41, 5.74) is 0.738. The molecule has 0 fully saturated rings. The highest BCUT2D eigenvalue weighted by molar-refractivity contribution is 5.75. The number of hydrogen-bond donors (Lipinski definition) is 0. The van der Waals surface area contributed by atoms with Crippen molar-refractivity contribution < 1.29 is 58.9 Å². The van der Waals surface area contributed by atoms with Gasteiger partial charge in [-0.05, 0) is 31.0 Å². The Balaban J connectivity index is 2.54. The lowest BCUT2D eigenvalue weighted by atomic mass is 10.1. The first kappa shape index (κ1) is 26.4. The molecule has 0 aliphatic carbocycles. The molecule has 31 heavy (non-hydrogen) atoms. The number of halogens is 8. The minimum Gasteiger partial charge on any atom is -0.493 e. The lowest BCUT2D eigenvalue weighted by Crippen LogP contribution is -2.59. The Hall–Kier alpha value is -2.60. The number of rotatable bonds is 11. The predicted octanol–water partition coefficient (Wildman–Crippen LogP) is 4.79. The van der Waals surface area contributed by atoms with Crippen molar-refractivity contribution >= 4 is 11.9 Å². The molecule has 0 saturated carbocycles. The maximum absolute atomic E-state index is 13.3. The summed E-state index contributed by atoms with van der Waals surface area (Å²) in [4.78, 5) is 23.2. The fourth-order valence-corrected chi connectivity index (χ4v) is 2.13. The van der Waals surface area contributed by atoms with Gasteiger partial charge in [0.15, 0.2) is 18.1 Å². The van der Waals surface area contributed by atoms with Crippen LogP contribution >= 0.6 is 0 Å². The van der Waals surface area contributed by atoms with Crippen molar-refractivity contribution in [1.82, 2.24) is 0 Å². The summed E-state index contributed by atoms with van der Waals surface area (Å²) < 4.78 is 116. The van der Waals surface area contributed by atoms with Crippen LogP contribution in [0.4, 0.5) is 35.1 Å². The third-order valence-electron chi connectivity index (χ3n) is 3.87. The normalized spacial score (nSPS) is 12.6. The monoisotopic (exact) mass is 466 g/mol. The Bertz CT molecular complexity index is 782. The summed E-state index contributed by atoms with van der Waals surface area (Å²) >= 11 is 0. The van der Waals surface area contributed by atoms with Gasteiger partial charge in [-0.25, -0.2) is 8.78 Å². The van der Waals surface area contributed by atoms with Crippen molar-refractivity contribution in [2.24, 2.45) is 0 Å². The van der Waals surface area contributed by atoms with Gasteiger partial charge in [0.1, 0.15) is 0 Å². The quantitative estimate of drug-likeness (QED) is 0.267. The van der Waals surface area contributed by atoms with E-state index in [9.17, 15) is 44.7 Å². The van der Waals surface area contributed by atoms with Gasteiger partial charge in [0.05, 0.1) is 7.11 Å². The van der Waals surface area contributed by atoms with Crippen molar-refractivity contribution in [1.29, 1.82) is 0 Å². The van der Waals surface area contributed by atoms with E-state index in [2.05, 4.69) is 4.74 Å². The molecule has 0 atom stereocenters. The van der Waals surface area contributed by atoms with Crippen molar-refractivity contribution in [3.05, 3.63) is 23.8 Å². The van der Waals surface area contributed by atoms with Crippen LogP contribution in [0.5, 0.6) is 11.5 Å². The summed E-state index contributed by atoms with van der Waals surface area (Å²) in [5, 5.41) is 0. The second-order valence-electron chi connectivity index (χ2n) is 6.35. The zero-order chi connectivity index (χ0) is 24.0. The highest BCUT2D eigenvalue weighted by atomic mass is 19.4. The highest BCUT2D eigenvalue weighted by Gasteiger charge is 2.75. The van der Waals surface area contributed by atoms with Crippen LogP contribution in [0.1, 0.15) is 24.8 Å². The molecular weight excluding hydrogens is 448 g/mol. The van der Waals surface area contributed by atoms with E-state index in [0.717, 1.165) is 5.56 Å². The van der Waals surface area contributed by atoms with E-state index in [1.54, 1.807) is 13.0 Å². The standard InChI is InChI=1S/C18H18F8O5/c1-10-6-7-11(29-2)12(8-10)31-14(28)5-3-4-13(27)30-9-16(21,22)18(25,26)17(23,24)15(19)20/h6-8,15H,3-5,9H2,1-2H3. The maximum Gasteiger partial charge on any atom is 0.381 e. The fourth-order valence-electron chi connectivity index (χ4n) is 2.13. The molecule has 176 valence electrons. The van der Waals surface area contributed by atoms with Gasteiger partial charge in [0.2, 0.25) is 0 Å². The average Bonchev–Trinajstić information content (AvgIpc) is 2.66. The number of carbonyl (C=O) groups excluding carboxylic acids is 2. The molecule has 1 rings (SSSR count). The first-order valence-corrected chi connectivity index (χ1v) is 8.58. The Morgan fingerprint density at radius 2 is 1.55 bits per heavy atom. The Kier molecular flexibility index (Phi) is 8.65. The van der Waals surface area contributed by atoms with Gasteiger partial charge in [-0.1, -0.05) is 6.07 Å². The summed E-state index contributed by atoms with van der Waals surface area (Å²) in [7, 11) is 1.33. The number of ether oxygens (including phenoxy) is 3. The van der Waals surface area contributed by atoms with E-state index in [1.165, 1.54) is 19.2 Å². The van der Waals surface area contributed by atoms with E-state index in [0.29, 0.717) is 0 Å². The van der Waals surface area contributed by atoms with E-state index < -0.39 is 55.6 Å². The zero-order valence-electron chi connectivity index (χ0n) is 16.2. The molecule has 0 radical (unpaired) electrons. The molecule has 1 aromatic carbocycles. The molecule has 0 aliphatic rings. The van der Waals surface area contributed by atoms with Gasteiger partial charge >= 0.3 is 36.1 Å². The number of benzene rings is 1. The van der Waals surface area contributed by atoms with Crippen LogP contribution in [0.25, 0.3) is 0 Å². The van der Waals surface area contributed by atoms with Crippen LogP contribution in [0.3, 0.4) is 0 Å². The summed E-state index contributed by atoms with van der Waals surface area (Å²) in [6.07, 6.45) is -6.53. The Morgan fingerprint density at radius 3 is 2.10 bits per heavy atom. The molecule has 0 amide bonds. The van der Waals surface area contributed by atoms with Crippen molar-refractivity contribution in [3.8, 4) is 11.5 Å². The molecule has 1 aromatic rings. The summed E-state index contributed by atoms with van der Waals surface area (Å²) in [6.45, 7) is -0.838. The SMILES string of the molecule is COc1ccc(C)cc1OC(=O)CCCC(=O)OCC(F)(F)C(F)(F)C(F)(F)C(F)F. The Morgan fingerprint density at radius 1 is 0.968 bits per heavy atom. The number of esters is 2. The molecule has 0 heterocycles. The van der Waals surface area contributed by atoms with Gasteiger partial charge in [0.25, 0.3) is 0 Å². The molecule has 0 N–H and O–H groups in total. The van der Waals surface area contributed by atoms with Gasteiger partial charge in [-0.15, -0.1) is 0 Å². The number of hydrogen-bond acceptors (Lipinski definition) is 5. The van der Waals surface area contributed by atoms with E-state index in [4.69, 9.17) is 9.47 Å². The van der Waals surface area contributed by atoms with Crippen LogP contribution in [-0.2, 0) is 14.3 Å². The third kappa shape index (κ3) is 6.44. The van der Waals surface area contributed by atoms with E-state index in [-0.39, 0.29) is 17.9 Å². The maximum atomic E-state index is 13.3. The second-order valence-corrected chi connectivity index (χ2v) is 6.35. The average molecular weight is 466 g/mol. The number of carbonyl (C=O) groups is 2. The first-order chi connectivity index (χ1) is 14.2. The van der Waals surface area contributed by atoms with Gasteiger partial charge in [-0.3, -0.25) is 9.59 Å². The predicted molar refractivity (Wildman–Crippen MR) is 89.0 cm³/mol. The van der Waals surface area contributed by atoms with E-state index >= 15 is 0 Å². The number of methoxy groups -OCH3 is 1. The minimum atomic E-state index is -6.47. The highest BCUT2D eigenvalue weighted by Crippen LogP contribution is 2.48. The zero-order valence-corrected chi connectivity index (χ0v) is 16.2. The van der Waals surface area contributed by atoms with Crippen LogP contribution < -0.4 is 9.47 Å². The van der Waals surface area contributed by atoms with E-state index in [1.807, 2.05) is 0 Å². The van der Waals surface area contributed by atoms with Crippen molar-refractivity contribution in [3.63, 3.8) is 0 Å². The summed E-state index contributed by atoms with van der Waals surface area (Å²) in [5.74, 6) is -20.6. The smallest absolute Gasteiger partial charge is 0.381 e. The molecule has 0 aliphatic heterocycles.